The fourth-order valence-corrected chi connectivity index (χ4v) is 3.90. The van der Waals surface area contributed by atoms with E-state index in [0.29, 0.717) is 0 Å². The molecule has 27 heavy (non-hydrogen) atoms. The van der Waals surface area contributed by atoms with E-state index in [1.807, 2.05) is 0 Å². The van der Waals surface area contributed by atoms with Gasteiger partial charge in [-0.15, -0.1) is 6.42 Å². The van der Waals surface area contributed by atoms with Gasteiger partial charge >= 0.3 is 0 Å². The highest BCUT2D eigenvalue weighted by atomic mass is 15.1. The maximum Gasteiger partial charge on any atom is 0.0432 e. The van der Waals surface area contributed by atoms with Crippen LogP contribution in [0.4, 0.5) is 5.69 Å². The number of benzene rings is 3. The van der Waals surface area contributed by atoms with Gasteiger partial charge in [0.2, 0.25) is 0 Å². The number of hydrogen-bond acceptors (Lipinski definition) is 1. The lowest BCUT2D eigenvalue weighted by molar-refractivity contribution is 0.831. The Hall–Kier alpha value is -3.24. The molecular formula is C26H23N. The Morgan fingerprint density at radius 2 is 1.89 bits per heavy atom. The molecule has 3 aromatic carbocycles. The number of terminal acetylenes is 1. The molecule has 0 bridgehead atoms. The molecule has 1 aliphatic rings. The molecule has 132 valence electrons. The number of fused-ring (bicyclic) bond motifs is 1. The Morgan fingerprint density at radius 1 is 1.07 bits per heavy atom. The monoisotopic (exact) mass is 349 g/mol. The second-order valence-corrected chi connectivity index (χ2v) is 7.10. The standard InChI is InChI=1S/C26H23N/c1-4-19(2)22-13-14-23(20(3)17-22)18-27-16-15-25-24(11-8-12-26(25)27)21-9-6-5-7-10-21/h1,5-14,17H,2,15-16,18H2,3H3. The number of nitrogens with zero attached hydrogens (tertiary/aromatic N) is 1. The van der Waals surface area contributed by atoms with Crippen LogP contribution in [0.25, 0.3) is 16.7 Å². The normalized spacial score (nSPS) is 12.5. The first-order valence-corrected chi connectivity index (χ1v) is 9.35. The van der Waals surface area contributed by atoms with Crippen molar-refractivity contribution in [3.63, 3.8) is 0 Å². The van der Waals surface area contributed by atoms with Gasteiger partial charge in [0.25, 0.3) is 0 Å². The van der Waals surface area contributed by atoms with Gasteiger partial charge < -0.3 is 4.90 Å². The predicted octanol–water partition coefficient (Wildman–Crippen LogP) is 5.87. The van der Waals surface area contributed by atoms with Crippen molar-refractivity contribution >= 4 is 11.3 Å². The zero-order valence-corrected chi connectivity index (χ0v) is 15.7. The average molecular weight is 349 g/mol. The molecule has 1 heteroatoms. The van der Waals surface area contributed by atoms with Crippen LogP contribution in [0, 0.1) is 19.3 Å². The van der Waals surface area contributed by atoms with Crippen LogP contribution in [0.1, 0.15) is 22.3 Å². The average Bonchev–Trinajstić information content (AvgIpc) is 3.12. The van der Waals surface area contributed by atoms with Gasteiger partial charge in [0.15, 0.2) is 0 Å². The lowest BCUT2D eigenvalue weighted by Crippen LogP contribution is -2.20. The molecule has 0 aliphatic carbocycles. The van der Waals surface area contributed by atoms with Crippen LogP contribution in [-0.2, 0) is 13.0 Å². The Morgan fingerprint density at radius 3 is 2.63 bits per heavy atom. The Labute approximate surface area is 162 Å². The van der Waals surface area contributed by atoms with Crippen molar-refractivity contribution in [1.82, 2.24) is 0 Å². The molecule has 1 nitrogen and oxygen atoms in total. The molecule has 0 fully saturated rings. The van der Waals surface area contributed by atoms with Gasteiger partial charge in [0, 0.05) is 24.4 Å². The summed E-state index contributed by atoms with van der Waals surface area (Å²) in [6.07, 6.45) is 6.57. The summed E-state index contributed by atoms with van der Waals surface area (Å²) in [6.45, 7) is 8.06. The molecule has 0 atom stereocenters. The van der Waals surface area contributed by atoms with Crippen LogP contribution in [0.15, 0.2) is 73.3 Å². The van der Waals surface area contributed by atoms with Gasteiger partial charge in [-0.1, -0.05) is 73.2 Å². The van der Waals surface area contributed by atoms with Gasteiger partial charge in [0.05, 0.1) is 0 Å². The lowest BCUT2D eigenvalue weighted by atomic mass is 9.98. The van der Waals surface area contributed by atoms with Crippen molar-refractivity contribution in [3.8, 4) is 23.5 Å². The minimum Gasteiger partial charge on any atom is -0.367 e. The molecule has 0 saturated carbocycles. The molecule has 0 amide bonds. The predicted molar refractivity (Wildman–Crippen MR) is 116 cm³/mol. The van der Waals surface area contributed by atoms with Crippen LogP contribution in [0.3, 0.4) is 0 Å². The first kappa shape index (κ1) is 17.2. The van der Waals surface area contributed by atoms with Crippen molar-refractivity contribution < 1.29 is 0 Å². The van der Waals surface area contributed by atoms with E-state index >= 15 is 0 Å². The van der Waals surface area contributed by atoms with Crippen molar-refractivity contribution in [2.45, 2.75) is 19.9 Å². The fourth-order valence-electron chi connectivity index (χ4n) is 3.90. The third kappa shape index (κ3) is 3.27. The Bertz CT molecular complexity index is 1040. The summed E-state index contributed by atoms with van der Waals surface area (Å²) in [5.41, 5.74) is 9.83. The highest BCUT2D eigenvalue weighted by Gasteiger charge is 2.22. The molecule has 4 rings (SSSR count). The largest absolute Gasteiger partial charge is 0.367 e. The first-order chi connectivity index (χ1) is 13.2. The number of allylic oxidation sites excluding steroid dienone is 1. The molecule has 0 N–H and O–H groups in total. The summed E-state index contributed by atoms with van der Waals surface area (Å²) < 4.78 is 0. The van der Waals surface area contributed by atoms with E-state index in [-0.39, 0.29) is 0 Å². The van der Waals surface area contributed by atoms with Gasteiger partial charge in [-0.2, -0.15) is 0 Å². The zero-order valence-electron chi connectivity index (χ0n) is 15.7. The summed E-state index contributed by atoms with van der Waals surface area (Å²) in [5.74, 6) is 2.63. The molecule has 0 spiro atoms. The summed E-state index contributed by atoms with van der Waals surface area (Å²) >= 11 is 0. The van der Waals surface area contributed by atoms with E-state index in [2.05, 4.69) is 91.1 Å². The van der Waals surface area contributed by atoms with Crippen LogP contribution < -0.4 is 4.90 Å². The molecule has 1 heterocycles. The Balaban J connectivity index is 1.63. The third-order valence-corrected chi connectivity index (χ3v) is 5.43. The number of anilines is 1. The Kier molecular flexibility index (Phi) is 4.57. The summed E-state index contributed by atoms with van der Waals surface area (Å²) in [5, 5.41) is 0. The van der Waals surface area contributed by atoms with Gasteiger partial charge in [-0.05, 0) is 52.8 Å². The van der Waals surface area contributed by atoms with Crippen LogP contribution in [-0.4, -0.2) is 6.54 Å². The minimum absolute atomic E-state index is 0.740. The van der Waals surface area contributed by atoms with Crippen molar-refractivity contribution in [2.24, 2.45) is 0 Å². The van der Waals surface area contributed by atoms with Gasteiger partial charge in [-0.25, -0.2) is 0 Å². The van der Waals surface area contributed by atoms with E-state index in [9.17, 15) is 0 Å². The molecular weight excluding hydrogens is 326 g/mol. The number of aryl methyl sites for hydroxylation is 1. The lowest BCUT2D eigenvalue weighted by Gasteiger charge is -2.21. The van der Waals surface area contributed by atoms with Crippen LogP contribution >= 0.6 is 0 Å². The van der Waals surface area contributed by atoms with E-state index < -0.39 is 0 Å². The second kappa shape index (κ2) is 7.17. The first-order valence-electron chi connectivity index (χ1n) is 9.35. The van der Waals surface area contributed by atoms with Crippen molar-refractivity contribution in [1.29, 1.82) is 0 Å². The van der Waals surface area contributed by atoms with E-state index in [4.69, 9.17) is 6.42 Å². The maximum absolute atomic E-state index is 5.48. The van der Waals surface area contributed by atoms with E-state index in [1.54, 1.807) is 0 Å². The highest BCUT2D eigenvalue weighted by molar-refractivity contribution is 5.78. The summed E-state index contributed by atoms with van der Waals surface area (Å²) in [7, 11) is 0. The third-order valence-electron chi connectivity index (χ3n) is 5.43. The highest BCUT2D eigenvalue weighted by Crippen LogP contribution is 2.37. The summed E-state index contributed by atoms with van der Waals surface area (Å²) in [4.78, 5) is 2.49. The quantitative estimate of drug-likeness (QED) is 0.532. The second-order valence-electron chi connectivity index (χ2n) is 7.10. The van der Waals surface area contributed by atoms with Crippen LogP contribution in [0.2, 0.25) is 0 Å². The maximum atomic E-state index is 5.48. The van der Waals surface area contributed by atoms with Gasteiger partial charge in [-0.3, -0.25) is 0 Å². The van der Waals surface area contributed by atoms with Crippen molar-refractivity contribution in [3.05, 3.63) is 95.6 Å². The SMILES string of the molecule is C#CC(=C)c1ccc(CN2CCc3c(-c4ccccc4)cccc32)c(C)c1. The number of hydrogen-bond donors (Lipinski definition) is 0. The molecule has 3 aromatic rings. The molecule has 0 aromatic heterocycles. The van der Waals surface area contributed by atoms with Crippen LogP contribution in [0.5, 0.6) is 0 Å². The molecule has 0 unspecified atom stereocenters. The van der Waals surface area contributed by atoms with E-state index in [0.717, 1.165) is 30.6 Å². The molecule has 0 radical (unpaired) electrons. The van der Waals surface area contributed by atoms with E-state index in [1.165, 1.54) is 33.5 Å². The minimum atomic E-state index is 0.740. The number of rotatable bonds is 4. The van der Waals surface area contributed by atoms with Gasteiger partial charge in [0.1, 0.15) is 0 Å². The smallest absolute Gasteiger partial charge is 0.0432 e. The molecule has 1 aliphatic heterocycles. The topological polar surface area (TPSA) is 3.24 Å². The fraction of sp³-hybridized carbons (Fsp3) is 0.154. The van der Waals surface area contributed by atoms with Crippen molar-refractivity contribution in [2.75, 3.05) is 11.4 Å². The summed E-state index contributed by atoms with van der Waals surface area (Å²) in [6, 6.07) is 23.8. The molecule has 0 saturated heterocycles. The zero-order chi connectivity index (χ0) is 18.8.